The number of nitrogens with zero attached hydrogens (tertiary/aromatic N) is 2. The van der Waals surface area contributed by atoms with Crippen molar-refractivity contribution in [1.82, 2.24) is 9.55 Å². The molecule has 0 aliphatic rings. The molecule has 1 aromatic heterocycles. The van der Waals surface area contributed by atoms with E-state index in [4.69, 9.17) is 9.72 Å². The molecule has 0 amide bonds. The zero-order chi connectivity index (χ0) is 18.6. The van der Waals surface area contributed by atoms with Crippen molar-refractivity contribution in [2.24, 2.45) is 0 Å². The Bertz CT molecular complexity index is 1050. The lowest BCUT2D eigenvalue weighted by molar-refractivity contribution is 0.0928. The molecule has 4 nitrogen and oxygen atoms in total. The Kier molecular flexibility index (Phi) is 5.07. The van der Waals surface area contributed by atoms with Crippen molar-refractivity contribution in [1.29, 1.82) is 0 Å². The summed E-state index contributed by atoms with van der Waals surface area (Å²) < 4.78 is 7.97. The number of benzene rings is 3. The molecule has 4 heteroatoms. The van der Waals surface area contributed by atoms with Gasteiger partial charge in [-0.15, -0.1) is 0 Å². The number of imidazole rings is 1. The van der Waals surface area contributed by atoms with E-state index < -0.39 is 6.10 Å². The highest BCUT2D eigenvalue weighted by molar-refractivity contribution is 5.83. The summed E-state index contributed by atoms with van der Waals surface area (Å²) in [4.78, 5) is 4.72. The lowest BCUT2D eigenvalue weighted by Crippen LogP contribution is -2.24. The number of para-hydroxylation sites is 2. The highest BCUT2D eigenvalue weighted by Crippen LogP contribution is 2.21. The summed E-state index contributed by atoms with van der Waals surface area (Å²) in [5.41, 5.74) is 2.04. The summed E-state index contributed by atoms with van der Waals surface area (Å²) in [6.07, 6.45) is 1.31. The zero-order valence-electron chi connectivity index (χ0n) is 15.5. The van der Waals surface area contributed by atoms with Gasteiger partial charge in [0.05, 0.1) is 17.6 Å². The predicted octanol–water partition coefficient (Wildman–Crippen LogP) is 4.58. The largest absolute Gasteiger partial charge is 0.491 e. The van der Waals surface area contributed by atoms with Gasteiger partial charge in [0, 0.05) is 6.42 Å². The standard InChI is InChI=1S/C23H24N2O2/c1-2-7-23-24-21-10-5-6-11-22(21)25(23)15-19(26)16-27-20-13-12-17-8-3-4-9-18(17)14-20/h3-6,8-14,19,26H,2,7,15-16H2,1H3/t19-/m0/s1. The number of aliphatic hydroxyl groups is 1. The summed E-state index contributed by atoms with van der Waals surface area (Å²) in [7, 11) is 0. The van der Waals surface area contributed by atoms with E-state index in [0.717, 1.165) is 40.8 Å². The lowest BCUT2D eigenvalue weighted by atomic mass is 10.1. The van der Waals surface area contributed by atoms with Crippen molar-refractivity contribution in [2.45, 2.75) is 32.4 Å². The number of hydrogen-bond acceptors (Lipinski definition) is 3. The summed E-state index contributed by atoms with van der Waals surface area (Å²) in [5.74, 6) is 1.79. The molecule has 1 heterocycles. The molecule has 0 aliphatic heterocycles. The van der Waals surface area contributed by atoms with Crippen LogP contribution in [0.4, 0.5) is 0 Å². The van der Waals surface area contributed by atoms with Gasteiger partial charge < -0.3 is 14.4 Å². The minimum absolute atomic E-state index is 0.246. The number of ether oxygens (including phenoxy) is 1. The van der Waals surface area contributed by atoms with Crippen LogP contribution in [-0.4, -0.2) is 27.4 Å². The van der Waals surface area contributed by atoms with Crippen LogP contribution in [0.15, 0.2) is 66.7 Å². The monoisotopic (exact) mass is 360 g/mol. The van der Waals surface area contributed by atoms with Gasteiger partial charge in [-0.2, -0.15) is 0 Å². The van der Waals surface area contributed by atoms with Crippen LogP contribution >= 0.6 is 0 Å². The van der Waals surface area contributed by atoms with Gasteiger partial charge in [0.2, 0.25) is 0 Å². The SMILES string of the molecule is CCCc1nc2ccccc2n1C[C@H](O)COc1ccc2ccccc2c1. The minimum atomic E-state index is -0.607. The topological polar surface area (TPSA) is 47.3 Å². The fraction of sp³-hybridized carbons (Fsp3) is 0.261. The maximum atomic E-state index is 10.6. The second-order valence-corrected chi connectivity index (χ2v) is 6.85. The van der Waals surface area contributed by atoms with Crippen LogP contribution in [0.3, 0.4) is 0 Å². The van der Waals surface area contributed by atoms with Gasteiger partial charge >= 0.3 is 0 Å². The molecule has 1 N–H and O–H groups in total. The van der Waals surface area contributed by atoms with Crippen LogP contribution in [-0.2, 0) is 13.0 Å². The molecular weight excluding hydrogens is 336 g/mol. The van der Waals surface area contributed by atoms with Gasteiger partial charge in [-0.3, -0.25) is 0 Å². The van der Waals surface area contributed by atoms with Crippen molar-refractivity contribution in [3.8, 4) is 5.75 Å². The number of fused-ring (bicyclic) bond motifs is 2. The number of hydrogen-bond donors (Lipinski definition) is 1. The van der Waals surface area contributed by atoms with E-state index in [2.05, 4.69) is 29.7 Å². The lowest BCUT2D eigenvalue weighted by Gasteiger charge is -2.16. The maximum Gasteiger partial charge on any atom is 0.120 e. The summed E-state index contributed by atoms with van der Waals surface area (Å²) in [5, 5.41) is 12.9. The predicted molar refractivity (Wildman–Crippen MR) is 109 cm³/mol. The first-order chi connectivity index (χ1) is 13.2. The van der Waals surface area contributed by atoms with Gasteiger partial charge in [-0.05, 0) is 41.5 Å². The fourth-order valence-corrected chi connectivity index (χ4v) is 3.46. The third-order valence-electron chi connectivity index (χ3n) is 4.76. The fourth-order valence-electron chi connectivity index (χ4n) is 3.46. The van der Waals surface area contributed by atoms with Gasteiger partial charge in [-0.1, -0.05) is 49.4 Å². The first kappa shape index (κ1) is 17.6. The van der Waals surface area contributed by atoms with Crippen molar-refractivity contribution in [2.75, 3.05) is 6.61 Å². The number of aliphatic hydroxyl groups excluding tert-OH is 1. The second kappa shape index (κ2) is 7.80. The molecule has 0 radical (unpaired) electrons. The maximum absolute atomic E-state index is 10.6. The first-order valence-corrected chi connectivity index (χ1v) is 9.48. The molecule has 0 bridgehead atoms. The van der Waals surface area contributed by atoms with Crippen LogP contribution in [0.5, 0.6) is 5.75 Å². The number of aryl methyl sites for hydroxylation is 1. The summed E-state index contributed by atoms with van der Waals surface area (Å²) in [6.45, 7) is 2.86. The van der Waals surface area contributed by atoms with E-state index in [1.54, 1.807) is 0 Å². The molecule has 0 saturated carbocycles. The molecule has 0 fully saturated rings. The van der Waals surface area contributed by atoms with E-state index in [9.17, 15) is 5.11 Å². The second-order valence-electron chi connectivity index (χ2n) is 6.85. The third kappa shape index (κ3) is 3.81. The minimum Gasteiger partial charge on any atom is -0.491 e. The Balaban J connectivity index is 1.48. The zero-order valence-corrected chi connectivity index (χ0v) is 15.5. The van der Waals surface area contributed by atoms with Crippen LogP contribution in [0.2, 0.25) is 0 Å². The van der Waals surface area contributed by atoms with Gasteiger partial charge in [0.25, 0.3) is 0 Å². The Morgan fingerprint density at radius 2 is 1.78 bits per heavy atom. The van der Waals surface area contributed by atoms with Crippen LogP contribution in [0.25, 0.3) is 21.8 Å². The van der Waals surface area contributed by atoms with E-state index in [1.165, 1.54) is 5.39 Å². The Morgan fingerprint density at radius 3 is 2.63 bits per heavy atom. The van der Waals surface area contributed by atoms with E-state index in [0.29, 0.717) is 6.54 Å². The van der Waals surface area contributed by atoms with Crippen LogP contribution in [0, 0.1) is 0 Å². The molecule has 0 unspecified atom stereocenters. The molecule has 27 heavy (non-hydrogen) atoms. The van der Waals surface area contributed by atoms with Crippen LogP contribution in [0.1, 0.15) is 19.2 Å². The third-order valence-corrected chi connectivity index (χ3v) is 4.76. The molecule has 0 spiro atoms. The van der Waals surface area contributed by atoms with Gasteiger partial charge in [-0.25, -0.2) is 4.98 Å². The van der Waals surface area contributed by atoms with E-state index in [1.807, 2.05) is 48.5 Å². The Hall–Kier alpha value is -2.85. The van der Waals surface area contributed by atoms with E-state index in [-0.39, 0.29) is 6.61 Å². The van der Waals surface area contributed by atoms with Gasteiger partial charge in [0.1, 0.15) is 24.3 Å². The average Bonchev–Trinajstić information content (AvgIpc) is 3.04. The van der Waals surface area contributed by atoms with Gasteiger partial charge in [0.15, 0.2) is 0 Å². The molecule has 3 aromatic carbocycles. The van der Waals surface area contributed by atoms with E-state index >= 15 is 0 Å². The first-order valence-electron chi connectivity index (χ1n) is 9.48. The molecular formula is C23H24N2O2. The smallest absolute Gasteiger partial charge is 0.120 e. The molecule has 4 aromatic rings. The highest BCUT2D eigenvalue weighted by Gasteiger charge is 2.14. The summed E-state index contributed by atoms with van der Waals surface area (Å²) >= 11 is 0. The van der Waals surface area contributed by atoms with Crippen molar-refractivity contribution in [3.05, 3.63) is 72.6 Å². The molecule has 0 saturated heterocycles. The average molecular weight is 360 g/mol. The van der Waals surface area contributed by atoms with Crippen molar-refractivity contribution >= 4 is 21.8 Å². The normalized spacial score (nSPS) is 12.5. The molecule has 1 atom stereocenters. The molecule has 0 aliphatic carbocycles. The Labute approximate surface area is 159 Å². The number of rotatable bonds is 7. The molecule has 138 valence electrons. The Morgan fingerprint density at radius 1 is 1.00 bits per heavy atom. The van der Waals surface area contributed by atoms with Crippen molar-refractivity contribution < 1.29 is 9.84 Å². The highest BCUT2D eigenvalue weighted by atomic mass is 16.5. The quantitative estimate of drug-likeness (QED) is 0.525. The van der Waals surface area contributed by atoms with Crippen molar-refractivity contribution in [3.63, 3.8) is 0 Å². The van der Waals surface area contributed by atoms with Crippen LogP contribution < -0.4 is 4.74 Å². The summed E-state index contributed by atoms with van der Waals surface area (Å²) in [6, 6.07) is 22.3. The molecule has 4 rings (SSSR count). The number of aromatic nitrogens is 2.